The van der Waals surface area contributed by atoms with Crippen molar-refractivity contribution in [2.24, 2.45) is 0 Å². The van der Waals surface area contributed by atoms with Gasteiger partial charge in [0, 0.05) is 19.4 Å². The zero-order valence-corrected chi connectivity index (χ0v) is 38.3. The van der Waals surface area contributed by atoms with Gasteiger partial charge >= 0.3 is 11.9 Å². The van der Waals surface area contributed by atoms with Crippen molar-refractivity contribution in [3.05, 3.63) is 72.9 Å². The number of ether oxygens (including phenoxy) is 3. The van der Waals surface area contributed by atoms with Crippen LogP contribution in [0.15, 0.2) is 72.9 Å². The van der Waals surface area contributed by atoms with Crippen LogP contribution in [0.5, 0.6) is 0 Å². The average Bonchev–Trinajstić information content (AvgIpc) is 3.22. The van der Waals surface area contributed by atoms with Crippen molar-refractivity contribution in [2.75, 3.05) is 19.8 Å². The van der Waals surface area contributed by atoms with E-state index < -0.39 is 6.10 Å². The first-order chi connectivity index (χ1) is 28.6. The Morgan fingerprint density at radius 1 is 0.397 bits per heavy atom. The lowest BCUT2D eigenvalue weighted by molar-refractivity contribution is -0.162. The molecule has 0 amide bonds. The first kappa shape index (κ1) is 55.3. The van der Waals surface area contributed by atoms with Crippen LogP contribution in [0.4, 0.5) is 0 Å². The highest BCUT2D eigenvalue weighted by molar-refractivity contribution is 5.70. The third kappa shape index (κ3) is 46.0. The van der Waals surface area contributed by atoms with Gasteiger partial charge in [0.05, 0.1) is 6.61 Å². The summed E-state index contributed by atoms with van der Waals surface area (Å²) in [4.78, 5) is 25.2. The lowest BCUT2D eigenvalue weighted by Crippen LogP contribution is -2.30. The maximum absolute atomic E-state index is 12.7. The maximum Gasteiger partial charge on any atom is 0.306 e. The molecule has 0 aromatic rings. The van der Waals surface area contributed by atoms with Crippen molar-refractivity contribution in [3.8, 4) is 0 Å². The fourth-order valence-corrected chi connectivity index (χ4v) is 6.56. The lowest BCUT2D eigenvalue weighted by Gasteiger charge is -2.18. The molecule has 58 heavy (non-hydrogen) atoms. The third-order valence-electron chi connectivity index (χ3n) is 10.2. The molecule has 5 nitrogen and oxygen atoms in total. The standard InChI is InChI=1S/C53H92O5/c1-4-7-10-13-16-19-22-24-25-26-27-28-30-33-36-39-42-45-48-56-49-51(58-53(55)47-44-41-38-35-31-21-18-15-12-9-6-3)50-57-52(54)46-43-40-37-34-32-29-23-20-17-14-11-8-5-2/h8,11,15,17-18,20,24-25,29,32,37,40,51H,4-7,9-10,12-14,16,19,21-23,26-28,30-31,33-36,38-39,41-50H2,1-3H3/b11-8-,18-15-,20-17-,25-24-,32-29-,40-37-. The van der Waals surface area contributed by atoms with Crippen LogP contribution in [0.3, 0.4) is 0 Å². The molecule has 5 heteroatoms. The Kier molecular flexibility index (Phi) is 46.5. The van der Waals surface area contributed by atoms with Crippen molar-refractivity contribution in [1.29, 1.82) is 0 Å². The van der Waals surface area contributed by atoms with Gasteiger partial charge in [-0.05, 0) is 89.9 Å². The molecule has 334 valence electrons. The summed E-state index contributed by atoms with van der Waals surface area (Å²) in [5, 5.41) is 0. The van der Waals surface area contributed by atoms with E-state index in [0.717, 1.165) is 64.2 Å². The Hall–Kier alpha value is -2.66. The molecule has 0 fully saturated rings. The summed E-state index contributed by atoms with van der Waals surface area (Å²) >= 11 is 0. The molecular formula is C53H92O5. The van der Waals surface area contributed by atoms with E-state index in [4.69, 9.17) is 14.2 Å². The van der Waals surface area contributed by atoms with Crippen LogP contribution >= 0.6 is 0 Å². The van der Waals surface area contributed by atoms with Gasteiger partial charge in [-0.1, -0.05) is 196 Å². The first-order valence-corrected chi connectivity index (χ1v) is 24.5. The summed E-state index contributed by atoms with van der Waals surface area (Å²) in [5.41, 5.74) is 0. The molecule has 1 unspecified atom stereocenters. The van der Waals surface area contributed by atoms with Crippen molar-refractivity contribution in [1.82, 2.24) is 0 Å². The number of allylic oxidation sites excluding steroid dienone is 12. The Morgan fingerprint density at radius 2 is 0.828 bits per heavy atom. The minimum atomic E-state index is -0.571. The minimum absolute atomic E-state index is 0.0411. The second-order valence-electron chi connectivity index (χ2n) is 16.0. The van der Waals surface area contributed by atoms with Gasteiger partial charge in [0.2, 0.25) is 0 Å². The van der Waals surface area contributed by atoms with Gasteiger partial charge < -0.3 is 14.2 Å². The molecule has 0 saturated heterocycles. The SMILES string of the molecule is CC/C=C\C/C=C\C/C=C\C/C=C\CCC(=O)OCC(COCCCCCCCCCC/C=C\CCCCCCCC)OC(=O)CCCCCCC/C=C\CCCC. The minimum Gasteiger partial charge on any atom is -0.462 e. The zero-order chi connectivity index (χ0) is 42.1. The van der Waals surface area contributed by atoms with Gasteiger partial charge in [-0.15, -0.1) is 0 Å². The predicted molar refractivity (Wildman–Crippen MR) is 251 cm³/mol. The largest absolute Gasteiger partial charge is 0.462 e. The van der Waals surface area contributed by atoms with Crippen molar-refractivity contribution < 1.29 is 23.8 Å². The van der Waals surface area contributed by atoms with Gasteiger partial charge in [0.1, 0.15) is 6.61 Å². The molecule has 0 aromatic carbocycles. The van der Waals surface area contributed by atoms with Crippen LogP contribution in [0, 0.1) is 0 Å². The quantitative estimate of drug-likeness (QED) is 0.0348. The highest BCUT2D eigenvalue weighted by atomic mass is 16.6. The maximum atomic E-state index is 12.7. The second-order valence-corrected chi connectivity index (χ2v) is 16.0. The van der Waals surface area contributed by atoms with E-state index in [9.17, 15) is 9.59 Å². The summed E-state index contributed by atoms with van der Waals surface area (Å²) in [7, 11) is 0. The molecule has 0 saturated carbocycles. The number of carbonyl (C=O) groups is 2. The topological polar surface area (TPSA) is 61.8 Å². The summed E-state index contributed by atoms with van der Waals surface area (Å²) in [6.07, 6.45) is 62.1. The van der Waals surface area contributed by atoms with E-state index in [0.29, 0.717) is 25.9 Å². The Bertz CT molecular complexity index is 1050. The fraction of sp³-hybridized carbons (Fsp3) is 0.736. The van der Waals surface area contributed by atoms with E-state index >= 15 is 0 Å². The number of unbranched alkanes of at least 4 members (excludes halogenated alkanes) is 21. The van der Waals surface area contributed by atoms with E-state index in [1.54, 1.807) is 0 Å². The molecule has 0 N–H and O–H groups in total. The molecule has 1 atom stereocenters. The molecule has 0 aliphatic rings. The van der Waals surface area contributed by atoms with Crippen molar-refractivity contribution in [2.45, 2.75) is 232 Å². The van der Waals surface area contributed by atoms with Crippen molar-refractivity contribution >= 4 is 11.9 Å². The van der Waals surface area contributed by atoms with Crippen LogP contribution in [0.25, 0.3) is 0 Å². The molecular weight excluding hydrogens is 717 g/mol. The normalized spacial score (nSPS) is 12.8. The van der Waals surface area contributed by atoms with Crippen LogP contribution < -0.4 is 0 Å². The van der Waals surface area contributed by atoms with Crippen molar-refractivity contribution in [3.63, 3.8) is 0 Å². The number of esters is 2. The van der Waals surface area contributed by atoms with E-state index in [-0.39, 0.29) is 25.2 Å². The molecule has 0 rings (SSSR count). The summed E-state index contributed by atoms with van der Waals surface area (Å²) in [6, 6.07) is 0. The summed E-state index contributed by atoms with van der Waals surface area (Å²) < 4.78 is 17.3. The van der Waals surface area contributed by atoms with Gasteiger partial charge in [0.15, 0.2) is 6.10 Å². The van der Waals surface area contributed by atoms with Crippen LogP contribution in [-0.4, -0.2) is 37.9 Å². The summed E-state index contributed by atoms with van der Waals surface area (Å²) in [5.74, 6) is -0.504. The smallest absolute Gasteiger partial charge is 0.306 e. The molecule has 0 aliphatic heterocycles. The van der Waals surface area contributed by atoms with Gasteiger partial charge in [-0.3, -0.25) is 9.59 Å². The highest BCUT2D eigenvalue weighted by Crippen LogP contribution is 2.13. The molecule has 0 heterocycles. The molecule has 0 aliphatic carbocycles. The predicted octanol–water partition coefficient (Wildman–Crippen LogP) is 16.3. The van der Waals surface area contributed by atoms with E-state index in [2.05, 4.69) is 87.6 Å². The Balaban J connectivity index is 4.31. The Morgan fingerprint density at radius 3 is 1.36 bits per heavy atom. The zero-order valence-electron chi connectivity index (χ0n) is 38.3. The molecule has 0 aromatic heterocycles. The van der Waals surface area contributed by atoms with E-state index in [1.165, 1.54) is 122 Å². The fourth-order valence-electron chi connectivity index (χ4n) is 6.56. The third-order valence-corrected chi connectivity index (χ3v) is 10.2. The number of rotatable bonds is 44. The molecule has 0 radical (unpaired) electrons. The monoisotopic (exact) mass is 809 g/mol. The molecule has 0 bridgehead atoms. The average molecular weight is 809 g/mol. The van der Waals surface area contributed by atoms with Crippen LogP contribution in [0.2, 0.25) is 0 Å². The van der Waals surface area contributed by atoms with Gasteiger partial charge in [-0.25, -0.2) is 0 Å². The molecule has 0 spiro atoms. The first-order valence-electron chi connectivity index (χ1n) is 24.5. The van der Waals surface area contributed by atoms with Gasteiger partial charge in [0.25, 0.3) is 0 Å². The Labute approximate surface area is 359 Å². The lowest BCUT2D eigenvalue weighted by atomic mass is 10.1. The summed E-state index contributed by atoms with van der Waals surface area (Å²) in [6.45, 7) is 7.58. The number of hydrogen-bond acceptors (Lipinski definition) is 5. The number of hydrogen-bond donors (Lipinski definition) is 0. The number of carbonyl (C=O) groups excluding carboxylic acids is 2. The van der Waals surface area contributed by atoms with Crippen LogP contribution in [0.1, 0.15) is 226 Å². The van der Waals surface area contributed by atoms with Crippen LogP contribution in [-0.2, 0) is 23.8 Å². The van der Waals surface area contributed by atoms with Gasteiger partial charge in [-0.2, -0.15) is 0 Å². The highest BCUT2D eigenvalue weighted by Gasteiger charge is 2.17. The second kappa shape index (κ2) is 48.7. The van der Waals surface area contributed by atoms with E-state index in [1.807, 2.05) is 6.08 Å².